The third-order valence-electron chi connectivity index (χ3n) is 4.04. The Kier molecular flexibility index (Phi) is 5.61. The fourth-order valence-corrected chi connectivity index (χ4v) is 2.67. The lowest BCUT2D eigenvalue weighted by Crippen LogP contribution is -2.23. The third-order valence-corrected chi connectivity index (χ3v) is 4.04. The first-order chi connectivity index (χ1) is 13.2. The van der Waals surface area contributed by atoms with Crippen LogP contribution < -0.4 is 19.5 Å². The molecule has 0 atom stereocenters. The number of methoxy groups -OCH3 is 3. The van der Waals surface area contributed by atoms with Crippen LogP contribution in [-0.4, -0.2) is 32.2 Å². The summed E-state index contributed by atoms with van der Waals surface area (Å²) in [6, 6.07) is 8.92. The van der Waals surface area contributed by atoms with Gasteiger partial charge in [0.15, 0.2) is 11.5 Å². The summed E-state index contributed by atoms with van der Waals surface area (Å²) in [5, 5.41) is 2.86. The Labute approximate surface area is 156 Å². The second-order valence-corrected chi connectivity index (χ2v) is 5.63. The predicted molar refractivity (Wildman–Crippen MR) is 99.2 cm³/mol. The first kappa shape index (κ1) is 18.3. The highest BCUT2D eigenvalue weighted by Crippen LogP contribution is 2.39. The van der Waals surface area contributed by atoms with Crippen LogP contribution in [0.25, 0.3) is 11.3 Å². The van der Waals surface area contributed by atoms with Crippen molar-refractivity contribution in [1.29, 1.82) is 0 Å². The molecule has 0 radical (unpaired) electrons. The number of furan rings is 1. The number of hydrogen-bond donors (Lipinski definition) is 1. The summed E-state index contributed by atoms with van der Waals surface area (Å²) in [5.74, 6) is 0.901. The van der Waals surface area contributed by atoms with E-state index in [1.165, 1.54) is 21.3 Å². The van der Waals surface area contributed by atoms with Gasteiger partial charge >= 0.3 is 0 Å². The molecule has 140 valence electrons. The van der Waals surface area contributed by atoms with Crippen LogP contribution in [0.1, 0.15) is 15.9 Å². The van der Waals surface area contributed by atoms with Crippen LogP contribution in [-0.2, 0) is 6.54 Å². The molecular formula is C20H20N2O5. The zero-order chi connectivity index (χ0) is 19.2. The number of benzene rings is 1. The molecular weight excluding hydrogens is 348 g/mol. The van der Waals surface area contributed by atoms with Gasteiger partial charge in [-0.15, -0.1) is 0 Å². The highest BCUT2D eigenvalue weighted by molar-refractivity contribution is 5.98. The van der Waals surface area contributed by atoms with E-state index in [4.69, 9.17) is 18.6 Å². The topological polar surface area (TPSA) is 82.8 Å². The Morgan fingerprint density at radius 3 is 2.44 bits per heavy atom. The van der Waals surface area contributed by atoms with Crippen LogP contribution >= 0.6 is 0 Å². The van der Waals surface area contributed by atoms with E-state index >= 15 is 0 Å². The van der Waals surface area contributed by atoms with Gasteiger partial charge in [-0.2, -0.15) is 0 Å². The highest BCUT2D eigenvalue weighted by Gasteiger charge is 2.20. The minimum absolute atomic E-state index is 0.285. The SMILES string of the molecule is COc1ccc(C(=O)NCc2ccc(-c3ccoc3)nc2)c(OC)c1OC. The molecule has 2 aromatic heterocycles. The maximum Gasteiger partial charge on any atom is 0.255 e. The van der Waals surface area contributed by atoms with Gasteiger partial charge in [0.2, 0.25) is 5.75 Å². The van der Waals surface area contributed by atoms with Crippen LogP contribution in [0.4, 0.5) is 0 Å². The monoisotopic (exact) mass is 368 g/mol. The van der Waals surface area contributed by atoms with E-state index in [0.717, 1.165) is 16.8 Å². The van der Waals surface area contributed by atoms with E-state index in [9.17, 15) is 4.79 Å². The molecule has 7 nitrogen and oxygen atoms in total. The smallest absolute Gasteiger partial charge is 0.255 e. The number of ether oxygens (including phenoxy) is 3. The Hall–Kier alpha value is -3.48. The van der Waals surface area contributed by atoms with Crippen molar-refractivity contribution in [3.63, 3.8) is 0 Å². The average Bonchev–Trinajstić information content (AvgIpc) is 3.25. The molecule has 0 saturated heterocycles. The molecule has 0 unspecified atom stereocenters. The van der Waals surface area contributed by atoms with E-state index in [-0.39, 0.29) is 5.91 Å². The van der Waals surface area contributed by atoms with Crippen molar-refractivity contribution in [2.45, 2.75) is 6.54 Å². The number of aromatic nitrogens is 1. The van der Waals surface area contributed by atoms with Crippen LogP contribution in [0, 0.1) is 0 Å². The lowest BCUT2D eigenvalue weighted by atomic mass is 10.1. The highest BCUT2D eigenvalue weighted by atomic mass is 16.5. The second-order valence-electron chi connectivity index (χ2n) is 5.63. The summed E-state index contributed by atoms with van der Waals surface area (Å²) in [4.78, 5) is 17.0. The van der Waals surface area contributed by atoms with Gasteiger partial charge in [0, 0.05) is 18.3 Å². The van der Waals surface area contributed by atoms with Gasteiger partial charge in [-0.1, -0.05) is 6.07 Å². The van der Waals surface area contributed by atoms with Gasteiger partial charge in [-0.25, -0.2) is 0 Å². The Bertz CT molecular complexity index is 905. The molecule has 0 aliphatic carbocycles. The zero-order valence-corrected chi connectivity index (χ0v) is 15.3. The standard InChI is InChI=1S/C20H20N2O5/c1-24-17-7-5-15(18(25-2)19(17)26-3)20(23)22-11-13-4-6-16(21-10-13)14-8-9-27-12-14/h4-10,12H,11H2,1-3H3,(H,22,23). The summed E-state index contributed by atoms with van der Waals surface area (Å²) in [6.45, 7) is 0.328. The van der Waals surface area contributed by atoms with Crippen LogP contribution in [0.5, 0.6) is 17.2 Å². The van der Waals surface area contributed by atoms with Crippen molar-refractivity contribution < 1.29 is 23.4 Å². The molecule has 1 amide bonds. The van der Waals surface area contributed by atoms with Gasteiger partial charge < -0.3 is 23.9 Å². The van der Waals surface area contributed by atoms with Crippen molar-refractivity contribution in [3.05, 3.63) is 60.2 Å². The summed E-state index contributed by atoms with van der Waals surface area (Å²) in [7, 11) is 4.50. The molecule has 0 bridgehead atoms. The summed E-state index contributed by atoms with van der Waals surface area (Å²) < 4.78 is 21.0. The zero-order valence-electron chi connectivity index (χ0n) is 15.3. The molecule has 3 aromatic rings. The number of nitrogens with zero attached hydrogens (tertiary/aromatic N) is 1. The van der Waals surface area contributed by atoms with Crippen molar-refractivity contribution in [1.82, 2.24) is 10.3 Å². The fourth-order valence-electron chi connectivity index (χ4n) is 2.67. The number of rotatable bonds is 7. The van der Waals surface area contributed by atoms with Gasteiger partial charge in [0.05, 0.1) is 45.1 Å². The lowest BCUT2D eigenvalue weighted by molar-refractivity contribution is 0.0947. The molecule has 0 aliphatic heterocycles. The van der Waals surface area contributed by atoms with Gasteiger partial charge in [-0.05, 0) is 29.8 Å². The Balaban J connectivity index is 1.72. The lowest BCUT2D eigenvalue weighted by Gasteiger charge is -2.15. The summed E-state index contributed by atoms with van der Waals surface area (Å²) >= 11 is 0. The molecule has 3 rings (SSSR count). The van der Waals surface area contributed by atoms with Gasteiger partial charge in [0.1, 0.15) is 0 Å². The second kappa shape index (κ2) is 8.27. The van der Waals surface area contributed by atoms with Crippen molar-refractivity contribution in [2.75, 3.05) is 21.3 Å². The van der Waals surface area contributed by atoms with Crippen molar-refractivity contribution in [2.24, 2.45) is 0 Å². The molecule has 0 aliphatic rings. The maximum absolute atomic E-state index is 12.6. The van der Waals surface area contributed by atoms with Gasteiger partial charge in [-0.3, -0.25) is 9.78 Å². The number of nitrogens with one attached hydrogen (secondary N) is 1. The normalized spacial score (nSPS) is 10.3. The van der Waals surface area contributed by atoms with E-state index in [2.05, 4.69) is 10.3 Å². The number of carbonyl (C=O) groups excluding carboxylic acids is 1. The van der Waals surface area contributed by atoms with Crippen molar-refractivity contribution in [3.8, 4) is 28.5 Å². The third kappa shape index (κ3) is 3.87. The maximum atomic E-state index is 12.6. The first-order valence-electron chi connectivity index (χ1n) is 8.22. The molecule has 0 spiro atoms. The van der Waals surface area contributed by atoms with E-state index in [0.29, 0.717) is 29.4 Å². The molecule has 0 fully saturated rings. The largest absolute Gasteiger partial charge is 0.493 e. The first-order valence-corrected chi connectivity index (χ1v) is 8.22. The van der Waals surface area contributed by atoms with Crippen LogP contribution in [0.2, 0.25) is 0 Å². The van der Waals surface area contributed by atoms with E-state index in [1.54, 1.807) is 30.9 Å². The minimum Gasteiger partial charge on any atom is -0.493 e. The molecule has 27 heavy (non-hydrogen) atoms. The summed E-state index contributed by atoms with van der Waals surface area (Å²) in [6.07, 6.45) is 4.95. The van der Waals surface area contributed by atoms with E-state index < -0.39 is 0 Å². The fraction of sp³-hybridized carbons (Fsp3) is 0.200. The number of pyridine rings is 1. The molecule has 1 N–H and O–H groups in total. The molecule has 7 heteroatoms. The number of carbonyl (C=O) groups is 1. The minimum atomic E-state index is -0.285. The quantitative estimate of drug-likeness (QED) is 0.689. The molecule has 2 heterocycles. The van der Waals surface area contributed by atoms with Crippen LogP contribution in [0.15, 0.2) is 53.5 Å². The van der Waals surface area contributed by atoms with Crippen LogP contribution in [0.3, 0.4) is 0 Å². The van der Waals surface area contributed by atoms with E-state index in [1.807, 2.05) is 18.2 Å². The van der Waals surface area contributed by atoms with Gasteiger partial charge in [0.25, 0.3) is 5.91 Å². The Morgan fingerprint density at radius 1 is 1.04 bits per heavy atom. The molecule has 0 saturated carbocycles. The average molecular weight is 368 g/mol. The Morgan fingerprint density at radius 2 is 1.85 bits per heavy atom. The van der Waals surface area contributed by atoms with Crippen molar-refractivity contribution >= 4 is 5.91 Å². The molecule has 1 aromatic carbocycles. The summed E-state index contributed by atoms with van der Waals surface area (Å²) in [5.41, 5.74) is 2.94. The predicted octanol–water partition coefficient (Wildman–Crippen LogP) is 3.30. The number of amides is 1. The number of hydrogen-bond acceptors (Lipinski definition) is 6.